The van der Waals surface area contributed by atoms with Crippen molar-refractivity contribution in [2.45, 2.75) is 30.7 Å². The third kappa shape index (κ3) is 5.46. The molecule has 0 saturated heterocycles. The molecule has 4 rings (SSSR count). The van der Waals surface area contributed by atoms with E-state index in [9.17, 15) is 4.79 Å². The Labute approximate surface area is 198 Å². The van der Waals surface area contributed by atoms with E-state index < -0.39 is 0 Å². The van der Waals surface area contributed by atoms with Crippen LogP contribution in [0.5, 0.6) is 5.75 Å². The van der Waals surface area contributed by atoms with Crippen LogP contribution in [0.3, 0.4) is 0 Å². The van der Waals surface area contributed by atoms with Crippen molar-refractivity contribution in [3.63, 3.8) is 0 Å². The standard InChI is InChI=1S/C27H27N3O2S/c1-3-23(26(31)28-21-17-11-12-18-22(21)32-4-2)33-27-29-24(19-13-7-5-8-14-19)25(30-27)20-15-9-6-10-16-20/h5-18,23H,3-4H2,1-2H3,(H,28,31)(H,29,30). The molecule has 168 valence electrons. The molecule has 5 nitrogen and oxygen atoms in total. The summed E-state index contributed by atoms with van der Waals surface area (Å²) in [4.78, 5) is 21.4. The van der Waals surface area contributed by atoms with Gasteiger partial charge in [-0.15, -0.1) is 0 Å². The van der Waals surface area contributed by atoms with Crippen molar-refractivity contribution in [2.75, 3.05) is 11.9 Å². The first-order valence-electron chi connectivity index (χ1n) is 11.1. The molecule has 0 aliphatic rings. The Kier molecular flexibility index (Phi) is 7.47. The monoisotopic (exact) mass is 457 g/mol. The van der Waals surface area contributed by atoms with E-state index in [-0.39, 0.29) is 11.2 Å². The number of ether oxygens (including phenoxy) is 1. The largest absolute Gasteiger partial charge is 0.492 e. The van der Waals surface area contributed by atoms with Crippen molar-refractivity contribution < 1.29 is 9.53 Å². The summed E-state index contributed by atoms with van der Waals surface area (Å²) in [5.74, 6) is 0.595. The van der Waals surface area contributed by atoms with Crippen LogP contribution in [0.2, 0.25) is 0 Å². The second-order valence-corrected chi connectivity index (χ2v) is 8.62. The molecule has 0 saturated carbocycles. The Morgan fingerprint density at radius 3 is 2.24 bits per heavy atom. The maximum Gasteiger partial charge on any atom is 0.238 e. The lowest BCUT2D eigenvalue weighted by molar-refractivity contribution is -0.115. The third-order valence-corrected chi connectivity index (χ3v) is 6.40. The molecular formula is C27H27N3O2S. The van der Waals surface area contributed by atoms with Crippen LogP contribution in [0.25, 0.3) is 22.5 Å². The first-order valence-corrected chi connectivity index (χ1v) is 12.0. The molecule has 1 heterocycles. The summed E-state index contributed by atoms with van der Waals surface area (Å²) in [5.41, 5.74) is 4.58. The number of thioether (sulfide) groups is 1. The van der Waals surface area contributed by atoms with E-state index in [4.69, 9.17) is 9.72 Å². The number of para-hydroxylation sites is 2. The van der Waals surface area contributed by atoms with Gasteiger partial charge in [-0.25, -0.2) is 4.98 Å². The number of aromatic nitrogens is 2. The van der Waals surface area contributed by atoms with Crippen LogP contribution >= 0.6 is 11.8 Å². The van der Waals surface area contributed by atoms with Gasteiger partial charge in [0.05, 0.1) is 28.9 Å². The van der Waals surface area contributed by atoms with Gasteiger partial charge in [0, 0.05) is 11.1 Å². The van der Waals surface area contributed by atoms with Crippen molar-refractivity contribution in [2.24, 2.45) is 0 Å². The molecule has 0 spiro atoms. The van der Waals surface area contributed by atoms with Crippen LogP contribution in [0.15, 0.2) is 90.1 Å². The van der Waals surface area contributed by atoms with Gasteiger partial charge < -0.3 is 15.0 Å². The summed E-state index contributed by atoms with van der Waals surface area (Å²) in [5, 5.41) is 3.43. The van der Waals surface area contributed by atoms with Crippen LogP contribution in [-0.2, 0) is 4.79 Å². The number of amides is 1. The van der Waals surface area contributed by atoms with Gasteiger partial charge in [-0.2, -0.15) is 0 Å². The fourth-order valence-electron chi connectivity index (χ4n) is 3.55. The Balaban J connectivity index is 1.60. The van der Waals surface area contributed by atoms with Crippen molar-refractivity contribution in [1.82, 2.24) is 9.97 Å². The molecule has 0 fully saturated rings. The molecule has 1 atom stereocenters. The van der Waals surface area contributed by atoms with Gasteiger partial charge in [0.15, 0.2) is 5.16 Å². The summed E-state index contributed by atoms with van der Waals surface area (Å²) < 4.78 is 5.65. The minimum absolute atomic E-state index is 0.0754. The normalized spacial score (nSPS) is 11.7. The minimum Gasteiger partial charge on any atom is -0.492 e. The number of carbonyl (C=O) groups is 1. The summed E-state index contributed by atoms with van der Waals surface area (Å²) in [6, 6.07) is 27.7. The van der Waals surface area contributed by atoms with Crippen molar-refractivity contribution >= 4 is 23.4 Å². The highest BCUT2D eigenvalue weighted by molar-refractivity contribution is 8.00. The summed E-state index contributed by atoms with van der Waals surface area (Å²) in [7, 11) is 0. The molecule has 2 N–H and O–H groups in total. The summed E-state index contributed by atoms with van der Waals surface area (Å²) in [6.07, 6.45) is 0.662. The first-order chi connectivity index (χ1) is 16.2. The maximum absolute atomic E-state index is 13.1. The quantitative estimate of drug-likeness (QED) is 0.276. The number of carbonyl (C=O) groups excluding carboxylic acids is 1. The van der Waals surface area contributed by atoms with Gasteiger partial charge in [0.25, 0.3) is 0 Å². The number of hydrogen-bond acceptors (Lipinski definition) is 4. The van der Waals surface area contributed by atoms with E-state index in [1.165, 1.54) is 11.8 Å². The topological polar surface area (TPSA) is 67.0 Å². The molecular weight excluding hydrogens is 430 g/mol. The molecule has 0 radical (unpaired) electrons. The van der Waals surface area contributed by atoms with Crippen LogP contribution in [0, 0.1) is 0 Å². The summed E-state index contributed by atoms with van der Waals surface area (Å²) >= 11 is 1.44. The molecule has 1 unspecified atom stereocenters. The van der Waals surface area contributed by atoms with Crippen LogP contribution < -0.4 is 10.1 Å². The molecule has 6 heteroatoms. The average molecular weight is 458 g/mol. The lowest BCUT2D eigenvalue weighted by Gasteiger charge is -2.15. The first kappa shape index (κ1) is 22.7. The van der Waals surface area contributed by atoms with Crippen LogP contribution in [-0.4, -0.2) is 27.7 Å². The third-order valence-electron chi connectivity index (χ3n) is 5.15. The second-order valence-electron chi connectivity index (χ2n) is 7.43. The van der Waals surface area contributed by atoms with Gasteiger partial charge in [-0.3, -0.25) is 4.79 Å². The van der Waals surface area contributed by atoms with E-state index in [2.05, 4.69) is 22.4 Å². The van der Waals surface area contributed by atoms with Crippen molar-refractivity contribution in [1.29, 1.82) is 0 Å². The molecule has 3 aromatic carbocycles. The second kappa shape index (κ2) is 10.9. The van der Waals surface area contributed by atoms with E-state index in [0.717, 1.165) is 22.5 Å². The number of H-pyrrole nitrogens is 1. The Morgan fingerprint density at radius 2 is 1.58 bits per heavy atom. The molecule has 1 amide bonds. The molecule has 0 aliphatic carbocycles. The average Bonchev–Trinajstić information content (AvgIpc) is 3.29. The fourth-order valence-corrected chi connectivity index (χ4v) is 4.45. The number of hydrogen-bond donors (Lipinski definition) is 2. The summed E-state index contributed by atoms with van der Waals surface area (Å²) in [6.45, 7) is 4.47. The Morgan fingerprint density at radius 1 is 0.939 bits per heavy atom. The zero-order valence-corrected chi connectivity index (χ0v) is 19.6. The van der Waals surface area contributed by atoms with Gasteiger partial charge in [0.1, 0.15) is 5.75 Å². The Hall–Kier alpha value is -3.51. The van der Waals surface area contributed by atoms with E-state index in [1.807, 2.05) is 86.6 Å². The number of benzene rings is 3. The smallest absolute Gasteiger partial charge is 0.238 e. The Bertz CT molecular complexity index is 1140. The number of nitrogens with one attached hydrogen (secondary N) is 2. The van der Waals surface area contributed by atoms with Gasteiger partial charge in [-0.1, -0.05) is 91.5 Å². The van der Waals surface area contributed by atoms with E-state index >= 15 is 0 Å². The number of anilines is 1. The molecule has 0 aliphatic heterocycles. The zero-order valence-electron chi connectivity index (χ0n) is 18.7. The number of aromatic amines is 1. The number of nitrogens with zero attached hydrogens (tertiary/aromatic N) is 1. The minimum atomic E-state index is -0.307. The molecule has 1 aromatic heterocycles. The fraction of sp³-hybridized carbons (Fsp3) is 0.185. The SMILES string of the molecule is CCOc1ccccc1NC(=O)C(CC)Sc1nc(-c2ccccc2)c(-c2ccccc2)[nH]1. The predicted octanol–water partition coefficient (Wildman–Crippen LogP) is 6.65. The van der Waals surface area contributed by atoms with Crippen molar-refractivity contribution in [3.8, 4) is 28.3 Å². The predicted molar refractivity (Wildman–Crippen MR) is 136 cm³/mol. The van der Waals surface area contributed by atoms with Crippen LogP contribution in [0.1, 0.15) is 20.3 Å². The van der Waals surface area contributed by atoms with Gasteiger partial charge in [-0.05, 0) is 25.5 Å². The highest BCUT2D eigenvalue weighted by atomic mass is 32.2. The molecule has 33 heavy (non-hydrogen) atoms. The number of imidazole rings is 1. The van der Waals surface area contributed by atoms with Gasteiger partial charge in [0.2, 0.25) is 5.91 Å². The van der Waals surface area contributed by atoms with Gasteiger partial charge >= 0.3 is 0 Å². The maximum atomic E-state index is 13.1. The lowest BCUT2D eigenvalue weighted by Crippen LogP contribution is -2.25. The van der Waals surface area contributed by atoms with E-state index in [1.54, 1.807) is 0 Å². The number of rotatable bonds is 9. The van der Waals surface area contributed by atoms with Crippen molar-refractivity contribution in [3.05, 3.63) is 84.9 Å². The van der Waals surface area contributed by atoms with E-state index in [0.29, 0.717) is 29.6 Å². The zero-order chi connectivity index (χ0) is 23.0. The molecule has 0 bridgehead atoms. The van der Waals surface area contributed by atoms with Crippen LogP contribution in [0.4, 0.5) is 5.69 Å². The highest BCUT2D eigenvalue weighted by Crippen LogP contribution is 2.35. The lowest BCUT2D eigenvalue weighted by atomic mass is 10.1. The molecule has 4 aromatic rings. The highest BCUT2D eigenvalue weighted by Gasteiger charge is 2.23.